The number of hydrogen-bond acceptors (Lipinski definition) is 11. The van der Waals surface area contributed by atoms with E-state index in [2.05, 4.69) is 27.7 Å². The molecule has 0 saturated carbocycles. The average molecular weight is 754 g/mol. The number of esters is 1. The van der Waals surface area contributed by atoms with Crippen molar-refractivity contribution in [2.75, 3.05) is 18.2 Å². The van der Waals surface area contributed by atoms with Crippen LogP contribution in [0.25, 0.3) is 5.57 Å². The van der Waals surface area contributed by atoms with Crippen LogP contribution in [-0.4, -0.2) is 69.4 Å². The lowest BCUT2D eigenvalue weighted by Crippen LogP contribution is -2.71. The standard InChI is InChI=1S/C39H39N5O7S2/c1-6-23-17-19-24(20-18-23)27-21-52-35-30(41-33(45)29(43-49-5)28-22-53-37(40-28)42-38(48)51-39(2,3)4)34(46)44(35)31(27)36(47)50-32(25-13-9-7-10-14-25)26-15-11-8-12-16-26/h7-20,22,30,32,35H,6,21H2,1-5H3,(H,41,45)(H,40,42,48)/b43-29-/t30-,35-/m1/s1. The zero-order chi connectivity index (χ0) is 37.7. The van der Waals surface area contributed by atoms with E-state index < -0.39 is 47.0 Å². The molecule has 12 nitrogen and oxygen atoms in total. The highest BCUT2D eigenvalue weighted by atomic mass is 32.2. The van der Waals surface area contributed by atoms with Crippen molar-refractivity contribution >= 4 is 63.4 Å². The summed E-state index contributed by atoms with van der Waals surface area (Å²) in [5.41, 5.74) is 3.48. The fraction of sp³-hybridized carbons (Fsp3) is 0.282. The molecule has 3 heterocycles. The first-order chi connectivity index (χ1) is 25.5. The van der Waals surface area contributed by atoms with Crippen molar-refractivity contribution in [2.24, 2.45) is 5.16 Å². The molecule has 1 fully saturated rings. The minimum absolute atomic E-state index is 0.121. The summed E-state index contributed by atoms with van der Waals surface area (Å²) in [6, 6.07) is 25.8. The normalized spacial score (nSPS) is 17.1. The van der Waals surface area contributed by atoms with E-state index in [4.69, 9.17) is 14.3 Å². The number of oxime groups is 1. The lowest BCUT2D eigenvalue weighted by atomic mass is 9.97. The van der Waals surface area contributed by atoms with Crippen molar-refractivity contribution in [1.82, 2.24) is 15.2 Å². The number of rotatable bonds is 11. The highest BCUT2D eigenvalue weighted by Crippen LogP contribution is 2.44. The quantitative estimate of drug-likeness (QED) is 0.0753. The average Bonchev–Trinajstić information content (AvgIpc) is 3.61. The van der Waals surface area contributed by atoms with E-state index in [1.807, 2.05) is 84.9 Å². The minimum atomic E-state index is -0.988. The van der Waals surface area contributed by atoms with Crippen LogP contribution >= 0.6 is 23.1 Å². The number of nitrogens with one attached hydrogen (secondary N) is 2. The Hall–Kier alpha value is -5.47. The molecule has 1 saturated heterocycles. The predicted molar refractivity (Wildman–Crippen MR) is 204 cm³/mol. The molecule has 14 heteroatoms. The number of carbonyl (C=O) groups is 4. The van der Waals surface area contributed by atoms with Gasteiger partial charge in [0.1, 0.15) is 35.5 Å². The highest BCUT2D eigenvalue weighted by molar-refractivity contribution is 8.00. The van der Waals surface area contributed by atoms with Crippen LogP contribution in [0.5, 0.6) is 0 Å². The van der Waals surface area contributed by atoms with Crippen LogP contribution in [0.2, 0.25) is 0 Å². The summed E-state index contributed by atoms with van der Waals surface area (Å²) < 4.78 is 11.6. The predicted octanol–water partition coefficient (Wildman–Crippen LogP) is 6.55. The number of thioether (sulfide) groups is 1. The highest BCUT2D eigenvalue weighted by Gasteiger charge is 2.55. The second kappa shape index (κ2) is 16.0. The van der Waals surface area contributed by atoms with Gasteiger partial charge in [-0.05, 0) is 49.4 Å². The van der Waals surface area contributed by atoms with Crippen molar-refractivity contribution in [3.63, 3.8) is 0 Å². The molecular formula is C39H39N5O7S2. The van der Waals surface area contributed by atoms with Crippen molar-refractivity contribution in [1.29, 1.82) is 0 Å². The summed E-state index contributed by atoms with van der Waals surface area (Å²) in [5, 5.41) is 10.3. The van der Waals surface area contributed by atoms with Crippen molar-refractivity contribution in [2.45, 2.75) is 57.2 Å². The third-order valence-corrected chi connectivity index (χ3v) is 10.4. The number of aromatic nitrogens is 1. The van der Waals surface area contributed by atoms with Crippen LogP contribution in [0.1, 0.15) is 61.7 Å². The molecule has 0 aliphatic carbocycles. The summed E-state index contributed by atoms with van der Waals surface area (Å²) in [6.45, 7) is 7.27. The monoisotopic (exact) mass is 753 g/mol. The molecule has 2 N–H and O–H groups in total. The molecule has 274 valence electrons. The van der Waals surface area contributed by atoms with Crippen LogP contribution in [-0.2, 0) is 35.1 Å². The lowest BCUT2D eigenvalue weighted by molar-refractivity contribution is -0.154. The first-order valence-corrected chi connectivity index (χ1v) is 18.9. The number of benzene rings is 3. The summed E-state index contributed by atoms with van der Waals surface area (Å²) in [6.07, 6.45) is -0.588. The number of β-lactam (4-membered cyclic amide) rings is 1. The molecular weight excluding hydrogens is 715 g/mol. The second-order valence-electron chi connectivity index (χ2n) is 13.1. The molecule has 0 radical (unpaired) electrons. The molecule has 0 unspecified atom stereocenters. The van der Waals surface area contributed by atoms with Gasteiger partial charge in [-0.2, -0.15) is 0 Å². The Bertz CT molecular complexity index is 2000. The number of anilines is 1. The number of aryl methyl sites for hydroxylation is 1. The van der Waals surface area contributed by atoms with Crippen molar-refractivity contribution in [3.05, 3.63) is 124 Å². The maximum Gasteiger partial charge on any atom is 0.413 e. The van der Waals surface area contributed by atoms with Gasteiger partial charge in [-0.1, -0.05) is 97.0 Å². The molecule has 4 aromatic rings. The number of amides is 3. The number of fused-ring (bicyclic) bond motifs is 1. The van der Waals surface area contributed by atoms with Gasteiger partial charge in [-0.15, -0.1) is 23.1 Å². The zero-order valence-electron chi connectivity index (χ0n) is 29.8. The van der Waals surface area contributed by atoms with E-state index in [9.17, 15) is 19.2 Å². The van der Waals surface area contributed by atoms with Gasteiger partial charge in [0.15, 0.2) is 16.9 Å². The van der Waals surface area contributed by atoms with Crippen molar-refractivity contribution < 1.29 is 33.5 Å². The molecule has 6 rings (SSSR count). The third-order valence-electron chi connectivity index (χ3n) is 8.34. The Balaban J connectivity index is 1.26. The Morgan fingerprint density at radius 3 is 2.21 bits per heavy atom. The van der Waals surface area contributed by atoms with Crippen LogP contribution < -0.4 is 10.6 Å². The third kappa shape index (κ3) is 8.44. The zero-order valence-corrected chi connectivity index (χ0v) is 31.5. The second-order valence-corrected chi connectivity index (χ2v) is 15.1. The summed E-state index contributed by atoms with van der Waals surface area (Å²) in [7, 11) is 1.28. The van der Waals surface area contributed by atoms with E-state index in [1.165, 1.54) is 29.2 Å². The largest absolute Gasteiger partial charge is 0.448 e. The Morgan fingerprint density at radius 2 is 1.62 bits per heavy atom. The number of carbonyl (C=O) groups excluding carboxylic acids is 4. The molecule has 0 bridgehead atoms. The van der Waals surface area contributed by atoms with E-state index >= 15 is 0 Å². The number of hydrogen-bond donors (Lipinski definition) is 2. The molecule has 53 heavy (non-hydrogen) atoms. The number of ether oxygens (including phenoxy) is 2. The Kier molecular flexibility index (Phi) is 11.3. The Morgan fingerprint density at radius 1 is 0.981 bits per heavy atom. The van der Waals surface area contributed by atoms with Gasteiger partial charge >= 0.3 is 12.1 Å². The summed E-state index contributed by atoms with van der Waals surface area (Å²) >= 11 is 2.49. The van der Waals surface area contributed by atoms with Gasteiger partial charge < -0.3 is 19.6 Å². The fourth-order valence-corrected chi connectivity index (χ4v) is 7.91. The van der Waals surface area contributed by atoms with Crippen LogP contribution in [0, 0.1) is 0 Å². The van der Waals surface area contributed by atoms with Crippen LogP contribution in [0.15, 0.2) is 101 Å². The minimum Gasteiger partial charge on any atom is -0.448 e. The first kappa shape index (κ1) is 37.3. The molecule has 2 atom stereocenters. The van der Waals surface area contributed by atoms with Gasteiger partial charge in [0.05, 0.1) is 0 Å². The molecule has 2 aliphatic rings. The van der Waals surface area contributed by atoms with Gasteiger partial charge in [0, 0.05) is 16.7 Å². The van der Waals surface area contributed by atoms with Gasteiger partial charge in [0.2, 0.25) is 0 Å². The fourth-order valence-electron chi connectivity index (χ4n) is 5.85. The van der Waals surface area contributed by atoms with E-state index in [-0.39, 0.29) is 22.2 Å². The molecule has 3 aromatic carbocycles. The maximum absolute atomic E-state index is 14.4. The first-order valence-electron chi connectivity index (χ1n) is 16.9. The van der Waals surface area contributed by atoms with Crippen molar-refractivity contribution in [3.8, 4) is 0 Å². The lowest BCUT2D eigenvalue weighted by Gasteiger charge is -2.49. The smallest absolute Gasteiger partial charge is 0.413 e. The summed E-state index contributed by atoms with van der Waals surface area (Å²) in [5.74, 6) is -1.48. The Labute approximate surface area is 315 Å². The van der Waals surface area contributed by atoms with E-state index in [1.54, 1.807) is 20.8 Å². The van der Waals surface area contributed by atoms with E-state index in [0.29, 0.717) is 11.3 Å². The summed E-state index contributed by atoms with van der Waals surface area (Å²) in [4.78, 5) is 65.0. The van der Waals surface area contributed by atoms with Gasteiger partial charge in [-0.3, -0.25) is 19.8 Å². The number of nitrogens with zero attached hydrogens (tertiary/aromatic N) is 3. The maximum atomic E-state index is 14.4. The number of thiazole rings is 1. The van der Waals surface area contributed by atoms with Gasteiger partial charge in [0.25, 0.3) is 11.8 Å². The SMILES string of the molecule is CCc1ccc(C2=C(C(=O)OC(c3ccccc3)c3ccccc3)N3C(=O)[C@@H](NC(=O)/C(=N\OC)c4csc(NC(=O)OC(C)(C)C)n4)[C@H]3SC2)cc1. The molecule has 0 spiro atoms. The van der Waals surface area contributed by atoms with Crippen LogP contribution in [0.3, 0.4) is 0 Å². The van der Waals surface area contributed by atoms with Gasteiger partial charge in [-0.25, -0.2) is 14.6 Å². The topological polar surface area (TPSA) is 149 Å². The molecule has 2 aliphatic heterocycles. The molecule has 1 aromatic heterocycles. The molecule has 3 amide bonds. The van der Waals surface area contributed by atoms with Crippen LogP contribution in [0.4, 0.5) is 9.93 Å². The van der Waals surface area contributed by atoms with E-state index in [0.717, 1.165) is 40.0 Å².